The van der Waals surface area contributed by atoms with Gasteiger partial charge in [0.2, 0.25) is 0 Å². The molecule has 0 spiro atoms. The fourth-order valence-electron chi connectivity index (χ4n) is 4.37. The van der Waals surface area contributed by atoms with E-state index in [1.54, 1.807) is 42.7 Å². The summed E-state index contributed by atoms with van der Waals surface area (Å²) in [6.07, 6.45) is 8.86. The van der Waals surface area contributed by atoms with Gasteiger partial charge >= 0.3 is 0 Å². The molecular weight excluding hydrogens is 438 g/mol. The molecule has 0 saturated carbocycles. The Hall–Kier alpha value is -3.22. The molecule has 168 valence electrons. The third kappa shape index (κ3) is 4.77. The van der Waals surface area contributed by atoms with Crippen molar-refractivity contribution in [2.75, 3.05) is 25.0 Å². The second kappa shape index (κ2) is 9.33. The molecule has 2 aliphatic heterocycles. The van der Waals surface area contributed by atoms with Crippen molar-refractivity contribution in [3.63, 3.8) is 0 Å². The fraction of sp³-hybridized carbons (Fsp3) is 0.269. The number of aromatic nitrogens is 1. The Bertz CT molecular complexity index is 1240. The third-order valence-electron chi connectivity index (χ3n) is 6.10. The van der Waals surface area contributed by atoms with Crippen LogP contribution in [-0.4, -0.2) is 41.2 Å². The molecule has 5 rings (SSSR count). The topological polar surface area (TPSA) is 75.4 Å². The van der Waals surface area contributed by atoms with Gasteiger partial charge in [-0.2, -0.15) is 0 Å². The highest BCUT2D eigenvalue weighted by atomic mass is 35.5. The maximum absolute atomic E-state index is 12.7. The molecule has 33 heavy (non-hydrogen) atoms. The normalized spacial score (nSPS) is 16.9. The molecule has 2 aliphatic rings. The predicted octanol–water partition coefficient (Wildman–Crippen LogP) is 5.55. The summed E-state index contributed by atoms with van der Waals surface area (Å²) in [5.41, 5.74) is 3.28. The number of fused-ring (bicyclic) bond motifs is 1. The van der Waals surface area contributed by atoms with E-state index in [0.29, 0.717) is 34.1 Å². The summed E-state index contributed by atoms with van der Waals surface area (Å²) in [6, 6.07) is 10.7. The van der Waals surface area contributed by atoms with E-state index in [1.807, 2.05) is 12.1 Å². The van der Waals surface area contributed by atoms with Gasteiger partial charge in [-0.05, 0) is 81.4 Å². The first kappa shape index (κ1) is 21.6. The average Bonchev–Trinajstić information content (AvgIpc) is 3.56. The molecule has 4 heterocycles. The molecule has 1 N–H and O–H groups in total. The van der Waals surface area contributed by atoms with E-state index in [4.69, 9.17) is 16.0 Å². The Kier molecular flexibility index (Phi) is 6.11. The first-order chi connectivity index (χ1) is 16.1. The van der Waals surface area contributed by atoms with Crippen LogP contribution in [0.2, 0.25) is 5.02 Å². The summed E-state index contributed by atoms with van der Waals surface area (Å²) in [4.78, 5) is 31.7. The number of carbonyl (C=O) groups excluding carboxylic acids is 2. The van der Waals surface area contributed by atoms with Gasteiger partial charge in [0, 0.05) is 46.2 Å². The minimum Gasteiger partial charge on any atom is -0.457 e. The number of rotatable bonds is 7. The Morgan fingerprint density at radius 1 is 1.15 bits per heavy atom. The lowest BCUT2D eigenvalue weighted by Gasteiger charge is -2.13. The van der Waals surface area contributed by atoms with E-state index in [1.165, 1.54) is 12.8 Å². The number of benzene rings is 1. The van der Waals surface area contributed by atoms with Crippen molar-refractivity contribution in [1.29, 1.82) is 0 Å². The lowest BCUT2D eigenvalue weighted by Crippen LogP contribution is -2.21. The molecule has 6 nitrogen and oxygen atoms in total. The van der Waals surface area contributed by atoms with Crippen LogP contribution >= 0.6 is 11.6 Å². The van der Waals surface area contributed by atoms with Crippen LogP contribution < -0.4 is 5.32 Å². The smallest absolute Gasteiger partial charge is 0.256 e. The summed E-state index contributed by atoms with van der Waals surface area (Å²) in [6.45, 7) is 3.25. The van der Waals surface area contributed by atoms with Gasteiger partial charge < -0.3 is 14.6 Å². The van der Waals surface area contributed by atoms with E-state index >= 15 is 0 Å². The highest BCUT2D eigenvalue weighted by Crippen LogP contribution is 2.35. The van der Waals surface area contributed by atoms with E-state index in [9.17, 15) is 9.59 Å². The highest BCUT2D eigenvalue weighted by Gasteiger charge is 2.24. The van der Waals surface area contributed by atoms with Gasteiger partial charge in [-0.3, -0.25) is 14.6 Å². The first-order valence-electron chi connectivity index (χ1n) is 11.2. The van der Waals surface area contributed by atoms with Crippen LogP contribution in [0.15, 0.2) is 53.2 Å². The number of carbonyl (C=O) groups is 2. The largest absolute Gasteiger partial charge is 0.457 e. The molecular formula is C26H24ClN3O3. The van der Waals surface area contributed by atoms with E-state index in [-0.39, 0.29) is 11.7 Å². The van der Waals surface area contributed by atoms with Crippen LogP contribution in [-0.2, 0) is 4.79 Å². The van der Waals surface area contributed by atoms with Gasteiger partial charge in [0.05, 0.1) is 5.57 Å². The minimum atomic E-state index is -0.201. The highest BCUT2D eigenvalue weighted by molar-refractivity contribution is 6.36. The Morgan fingerprint density at radius 2 is 2.00 bits per heavy atom. The summed E-state index contributed by atoms with van der Waals surface area (Å²) >= 11 is 6.10. The number of hydrogen-bond donors (Lipinski definition) is 1. The Labute approximate surface area is 197 Å². The monoisotopic (exact) mass is 461 g/mol. The molecule has 0 aliphatic carbocycles. The van der Waals surface area contributed by atoms with Gasteiger partial charge in [-0.1, -0.05) is 11.6 Å². The number of ketones is 1. The van der Waals surface area contributed by atoms with Crippen LogP contribution in [0.1, 0.15) is 47.4 Å². The molecule has 0 bridgehead atoms. The van der Waals surface area contributed by atoms with Crippen molar-refractivity contribution >= 4 is 40.6 Å². The molecule has 0 atom stereocenters. The van der Waals surface area contributed by atoms with Gasteiger partial charge in [-0.15, -0.1) is 0 Å². The number of nitrogens with one attached hydrogen (secondary N) is 1. The van der Waals surface area contributed by atoms with E-state index < -0.39 is 0 Å². The number of nitrogens with zero attached hydrogens (tertiary/aromatic N) is 2. The van der Waals surface area contributed by atoms with Crippen LogP contribution in [0, 0.1) is 0 Å². The number of likely N-dealkylation sites (tertiary alicyclic amines) is 1. The van der Waals surface area contributed by atoms with E-state index in [0.717, 1.165) is 42.9 Å². The molecule has 0 unspecified atom stereocenters. The van der Waals surface area contributed by atoms with Crippen molar-refractivity contribution in [3.05, 3.63) is 70.7 Å². The lowest BCUT2D eigenvalue weighted by atomic mass is 10.1. The molecule has 3 aromatic rings. The summed E-state index contributed by atoms with van der Waals surface area (Å²) in [5, 5.41) is 3.39. The number of furan rings is 1. The van der Waals surface area contributed by atoms with Crippen LogP contribution in [0.4, 0.5) is 5.69 Å². The second-order valence-electron chi connectivity index (χ2n) is 8.44. The zero-order valence-electron chi connectivity index (χ0n) is 18.1. The minimum absolute atomic E-state index is 0.0913. The molecule has 1 aromatic carbocycles. The van der Waals surface area contributed by atoms with Crippen molar-refractivity contribution in [1.82, 2.24) is 9.88 Å². The van der Waals surface area contributed by atoms with Gasteiger partial charge in [0.1, 0.15) is 11.5 Å². The molecule has 2 aromatic heterocycles. The SMILES string of the molecule is O=C1Nc2ccc(Cl)cc2/C1=C\c1ccc(-c2cncc(C(=O)CCCN3CCCC3)c2)o1. The number of halogens is 1. The fourth-order valence-corrected chi connectivity index (χ4v) is 4.54. The number of amides is 1. The summed E-state index contributed by atoms with van der Waals surface area (Å²) in [7, 11) is 0. The first-order valence-corrected chi connectivity index (χ1v) is 11.6. The third-order valence-corrected chi connectivity index (χ3v) is 6.33. The van der Waals surface area contributed by atoms with Crippen LogP contribution in [0.5, 0.6) is 0 Å². The quantitative estimate of drug-likeness (QED) is 0.369. The standard InChI is InChI=1S/C26H24ClN3O3/c27-19-5-7-23-21(13-19)22(26(32)29-23)14-20-6-8-25(33-20)18-12-17(15-28-16-18)24(31)4-3-11-30-9-1-2-10-30/h5-8,12-16H,1-4,9-11H2,(H,29,32)/b22-14+. The Balaban J connectivity index is 1.30. The molecule has 1 amide bonds. The van der Waals surface area contributed by atoms with Crippen LogP contribution in [0.3, 0.4) is 0 Å². The van der Waals surface area contributed by atoms with Gasteiger partial charge in [0.15, 0.2) is 5.78 Å². The molecule has 1 saturated heterocycles. The average molecular weight is 462 g/mol. The predicted molar refractivity (Wildman–Crippen MR) is 129 cm³/mol. The number of anilines is 1. The molecule has 0 radical (unpaired) electrons. The number of pyridine rings is 1. The number of Topliss-reactive ketones (excluding diaryl/α,β-unsaturated/α-hetero) is 1. The summed E-state index contributed by atoms with van der Waals surface area (Å²) < 4.78 is 5.96. The molecule has 1 fully saturated rings. The zero-order chi connectivity index (χ0) is 22.8. The maximum Gasteiger partial charge on any atom is 0.256 e. The maximum atomic E-state index is 12.7. The van der Waals surface area contributed by atoms with E-state index in [2.05, 4.69) is 15.2 Å². The van der Waals surface area contributed by atoms with Crippen molar-refractivity contribution in [2.24, 2.45) is 0 Å². The number of hydrogen-bond acceptors (Lipinski definition) is 5. The lowest BCUT2D eigenvalue weighted by molar-refractivity contribution is -0.110. The van der Waals surface area contributed by atoms with Crippen molar-refractivity contribution in [2.45, 2.75) is 25.7 Å². The Morgan fingerprint density at radius 3 is 2.85 bits per heavy atom. The summed E-state index contributed by atoms with van der Waals surface area (Å²) in [5.74, 6) is 1.01. The van der Waals surface area contributed by atoms with Crippen LogP contribution in [0.25, 0.3) is 23.0 Å². The second-order valence-corrected chi connectivity index (χ2v) is 8.88. The van der Waals surface area contributed by atoms with Crippen molar-refractivity contribution < 1.29 is 14.0 Å². The van der Waals surface area contributed by atoms with Gasteiger partial charge in [0.25, 0.3) is 5.91 Å². The molecule has 7 heteroatoms. The van der Waals surface area contributed by atoms with Gasteiger partial charge in [-0.25, -0.2) is 0 Å². The zero-order valence-corrected chi connectivity index (χ0v) is 18.9. The van der Waals surface area contributed by atoms with Crippen molar-refractivity contribution in [3.8, 4) is 11.3 Å².